The summed E-state index contributed by atoms with van der Waals surface area (Å²) in [6.07, 6.45) is 0. The predicted octanol–water partition coefficient (Wildman–Crippen LogP) is 1.82. The highest BCUT2D eigenvalue weighted by Crippen LogP contribution is 2.29. The molecule has 0 saturated carbocycles. The molecular weight excluding hydrogens is 140 g/mol. The first-order valence-electron chi connectivity index (χ1n) is 3.44. The van der Waals surface area contributed by atoms with Crippen molar-refractivity contribution in [2.75, 3.05) is 0 Å². The molecule has 0 aliphatic carbocycles. The molecule has 52 valence electrons. The van der Waals surface area contributed by atoms with Gasteiger partial charge in [-0.1, -0.05) is 18.2 Å². The summed E-state index contributed by atoms with van der Waals surface area (Å²) < 4.78 is 5.22. The van der Waals surface area contributed by atoms with Gasteiger partial charge < -0.3 is 4.42 Å². The molecule has 1 aromatic heterocycles. The van der Waals surface area contributed by atoms with Crippen molar-refractivity contribution in [1.29, 1.82) is 0 Å². The van der Waals surface area contributed by atoms with Gasteiger partial charge in [-0.15, -0.1) is 0 Å². The van der Waals surface area contributed by atoms with Crippen molar-refractivity contribution < 1.29 is 4.42 Å². The van der Waals surface area contributed by atoms with Crippen LogP contribution in [-0.2, 0) is 0 Å². The van der Waals surface area contributed by atoms with Crippen LogP contribution in [0.4, 0.5) is 0 Å². The molecule has 2 nitrogen and oxygen atoms in total. The lowest BCUT2D eigenvalue weighted by atomic mass is 10.2. The zero-order valence-electron chi connectivity index (χ0n) is 5.63. The largest absolute Gasteiger partial charge is 0.452 e. The fourth-order valence-corrected chi connectivity index (χ4v) is 1.37. The molecule has 0 aliphatic heterocycles. The number of fused-ring (bicyclic) bond motifs is 3. The Morgan fingerprint density at radius 2 is 2.00 bits per heavy atom. The molecule has 0 unspecified atom stereocenters. The van der Waals surface area contributed by atoms with Gasteiger partial charge >= 0.3 is 0 Å². The van der Waals surface area contributed by atoms with Crippen molar-refractivity contribution in [3.8, 4) is 0 Å². The zero-order valence-corrected chi connectivity index (χ0v) is 5.63. The molecular formula is C9H4O2. The fraction of sp³-hybridized carbons (Fsp3) is 0. The second kappa shape index (κ2) is 1.37. The number of para-hydroxylation sites is 1. The number of furan rings is 1. The van der Waals surface area contributed by atoms with Crippen LogP contribution >= 0.6 is 0 Å². The van der Waals surface area contributed by atoms with Crippen LogP contribution in [0.1, 0.15) is 0 Å². The fourth-order valence-electron chi connectivity index (χ4n) is 1.37. The van der Waals surface area contributed by atoms with E-state index in [0.717, 1.165) is 16.4 Å². The zero-order chi connectivity index (χ0) is 7.42. The Kier molecular flexibility index (Phi) is 0.639. The lowest BCUT2D eigenvalue weighted by Gasteiger charge is -1.83. The summed E-state index contributed by atoms with van der Waals surface area (Å²) in [5.74, 6) is 0. The lowest BCUT2D eigenvalue weighted by Crippen LogP contribution is -1.74. The summed E-state index contributed by atoms with van der Waals surface area (Å²) in [5.41, 5.74) is 1.44. The maximum atomic E-state index is 10.9. The molecule has 0 spiro atoms. The van der Waals surface area contributed by atoms with Gasteiger partial charge in [-0.3, -0.25) is 4.79 Å². The van der Waals surface area contributed by atoms with E-state index < -0.39 is 0 Å². The highest BCUT2D eigenvalue weighted by Gasteiger charge is 2.21. The van der Waals surface area contributed by atoms with Crippen LogP contribution in [0.15, 0.2) is 33.5 Å². The van der Waals surface area contributed by atoms with Gasteiger partial charge in [-0.2, -0.15) is 0 Å². The van der Waals surface area contributed by atoms with Crippen molar-refractivity contribution in [2.45, 2.75) is 0 Å². The van der Waals surface area contributed by atoms with Gasteiger partial charge in [0, 0.05) is 5.39 Å². The molecule has 0 amide bonds. The average molecular weight is 144 g/mol. The highest BCUT2D eigenvalue weighted by molar-refractivity contribution is 6.13. The van der Waals surface area contributed by atoms with E-state index in [0.29, 0.717) is 5.58 Å². The van der Waals surface area contributed by atoms with Gasteiger partial charge in [0.05, 0.1) is 5.39 Å². The second-order valence-electron chi connectivity index (χ2n) is 2.63. The maximum Gasteiger partial charge on any atom is 0.233 e. The van der Waals surface area contributed by atoms with Gasteiger partial charge in [0.25, 0.3) is 0 Å². The van der Waals surface area contributed by atoms with Crippen LogP contribution in [0.3, 0.4) is 0 Å². The molecule has 0 N–H and O–H groups in total. The van der Waals surface area contributed by atoms with Crippen molar-refractivity contribution in [1.82, 2.24) is 0 Å². The third kappa shape index (κ3) is 0.463. The minimum absolute atomic E-state index is 0.0729. The highest BCUT2D eigenvalue weighted by atomic mass is 16.3. The van der Waals surface area contributed by atoms with Crippen LogP contribution in [0.25, 0.3) is 21.9 Å². The van der Waals surface area contributed by atoms with E-state index in [1.165, 1.54) is 0 Å². The predicted molar refractivity (Wildman–Crippen MR) is 42.4 cm³/mol. The molecule has 0 bridgehead atoms. The van der Waals surface area contributed by atoms with Gasteiger partial charge in [0.2, 0.25) is 5.43 Å². The molecule has 0 atom stereocenters. The second-order valence-corrected chi connectivity index (χ2v) is 2.63. The monoisotopic (exact) mass is 144 g/mol. The smallest absolute Gasteiger partial charge is 0.233 e. The minimum atomic E-state index is 0.0729. The summed E-state index contributed by atoms with van der Waals surface area (Å²) in [6.45, 7) is 0. The summed E-state index contributed by atoms with van der Waals surface area (Å²) in [7, 11) is 0. The van der Waals surface area contributed by atoms with E-state index in [1.54, 1.807) is 0 Å². The quantitative estimate of drug-likeness (QED) is 0.481. The van der Waals surface area contributed by atoms with Crippen molar-refractivity contribution in [3.63, 3.8) is 0 Å². The normalized spacial score (nSPS) is 12.0. The number of benzene rings is 1. The number of hydrogen-bond acceptors (Lipinski definition) is 2. The molecule has 3 aromatic rings. The number of hydrogen-bond donors (Lipinski definition) is 0. The van der Waals surface area contributed by atoms with E-state index in [2.05, 4.69) is 0 Å². The van der Waals surface area contributed by atoms with Gasteiger partial charge in [0.1, 0.15) is 5.58 Å². The summed E-state index contributed by atoms with van der Waals surface area (Å²) in [5, 5.41) is 1.73. The van der Waals surface area contributed by atoms with Crippen LogP contribution in [-0.4, -0.2) is 0 Å². The van der Waals surface area contributed by atoms with Crippen LogP contribution in [0.2, 0.25) is 0 Å². The molecule has 0 radical (unpaired) electrons. The third-order valence-corrected chi connectivity index (χ3v) is 1.97. The molecule has 0 fully saturated rings. The standard InChI is InChI=1S/C9H4O2/c10-8-7-5-3-1-2-4-6(5)11-9(7)8/h1-4H. The Hall–Kier alpha value is -1.57. The topological polar surface area (TPSA) is 30.2 Å². The first-order valence-corrected chi connectivity index (χ1v) is 3.44. The first-order chi connectivity index (χ1) is 5.38. The van der Waals surface area contributed by atoms with Crippen LogP contribution < -0.4 is 5.43 Å². The van der Waals surface area contributed by atoms with E-state index in [4.69, 9.17) is 4.42 Å². The molecule has 0 aliphatic rings. The molecule has 0 saturated heterocycles. The molecule has 3 rings (SSSR count). The van der Waals surface area contributed by atoms with Gasteiger partial charge in [-0.05, 0) is 6.07 Å². The van der Waals surface area contributed by atoms with Crippen molar-refractivity contribution in [3.05, 3.63) is 34.5 Å². The Balaban J connectivity index is 2.70. The first kappa shape index (κ1) is 5.13. The Bertz CT molecular complexity index is 550. The van der Waals surface area contributed by atoms with Crippen LogP contribution in [0, 0.1) is 0 Å². The van der Waals surface area contributed by atoms with E-state index in [1.807, 2.05) is 24.3 Å². The summed E-state index contributed by atoms with van der Waals surface area (Å²) in [6, 6.07) is 7.58. The summed E-state index contributed by atoms with van der Waals surface area (Å²) in [4.78, 5) is 10.9. The number of rotatable bonds is 0. The van der Waals surface area contributed by atoms with Crippen molar-refractivity contribution >= 4 is 21.9 Å². The Labute approximate surface area is 61.7 Å². The van der Waals surface area contributed by atoms with Gasteiger partial charge in [0.15, 0.2) is 5.58 Å². The van der Waals surface area contributed by atoms with Gasteiger partial charge in [-0.25, -0.2) is 0 Å². The molecule has 2 aromatic carbocycles. The maximum absolute atomic E-state index is 10.9. The Morgan fingerprint density at radius 3 is 2.91 bits per heavy atom. The van der Waals surface area contributed by atoms with E-state index >= 15 is 0 Å². The Morgan fingerprint density at radius 1 is 1.18 bits per heavy atom. The van der Waals surface area contributed by atoms with E-state index in [-0.39, 0.29) is 5.43 Å². The lowest BCUT2D eigenvalue weighted by molar-refractivity contribution is 0.673. The third-order valence-electron chi connectivity index (χ3n) is 1.97. The van der Waals surface area contributed by atoms with Crippen molar-refractivity contribution in [2.24, 2.45) is 0 Å². The minimum Gasteiger partial charge on any atom is -0.452 e. The SMILES string of the molecule is O=c1c2oc3ccccc3c12. The molecule has 1 heterocycles. The summed E-state index contributed by atoms with van der Waals surface area (Å²) >= 11 is 0. The van der Waals surface area contributed by atoms with E-state index in [9.17, 15) is 4.79 Å². The molecule has 2 heteroatoms. The molecule has 11 heavy (non-hydrogen) atoms. The average Bonchev–Trinajstić information content (AvgIpc) is 2.55. The van der Waals surface area contributed by atoms with Crippen LogP contribution in [0.5, 0.6) is 0 Å².